The van der Waals surface area contributed by atoms with Crippen LogP contribution in [-0.4, -0.2) is 30.6 Å². The van der Waals surface area contributed by atoms with Gasteiger partial charge in [-0.1, -0.05) is 12.1 Å². The van der Waals surface area contributed by atoms with Crippen molar-refractivity contribution in [2.24, 2.45) is 12.0 Å². The summed E-state index contributed by atoms with van der Waals surface area (Å²) in [6, 6.07) is 8.57. The first kappa shape index (κ1) is 17.9. The van der Waals surface area contributed by atoms with Crippen molar-refractivity contribution in [1.29, 1.82) is 0 Å². The molecule has 0 saturated heterocycles. The standard InChI is InChI=1S/C21H20FN5O/c1-11-6-5-7-15(22)19(11)16-9-14-17(10-23-16)25-21(28)20(14)13(3)24-18-8-12(2)27(4)26-18/h5-10,25,28H,1-4H3. The first-order valence-corrected chi connectivity index (χ1v) is 8.87. The van der Waals surface area contributed by atoms with Crippen molar-refractivity contribution in [3.63, 3.8) is 0 Å². The molecule has 1 aromatic carbocycles. The zero-order chi connectivity index (χ0) is 20.0. The van der Waals surface area contributed by atoms with E-state index < -0.39 is 0 Å². The minimum Gasteiger partial charge on any atom is -0.494 e. The summed E-state index contributed by atoms with van der Waals surface area (Å²) >= 11 is 0. The first-order chi connectivity index (χ1) is 13.3. The number of nitrogens with zero attached hydrogens (tertiary/aromatic N) is 4. The van der Waals surface area contributed by atoms with Gasteiger partial charge in [-0.2, -0.15) is 5.10 Å². The quantitative estimate of drug-likeness (QED) is 0.514. The van der Waals surface area contributed by atoms with Crippen molar-refractivity contribution < 1.29 is 9.50 Å². The van der Waals surface area contributed by atoms with Crippen LogP contribution < -0.4 is 0 Å². The number of hydrogen-bond donors (Lipinski definition) is 2. The minimum atomic E-state index is -0.331. The van der Waals surface area contributed by atoms with Crippen molar-refractivity contribution in [1.82, 2.24) is 19.7 Å². The summed E-state index contributed by atoms with van der Waals surface area (Å²) in [7, 11) is 1.85. The van der Waals surface area contributed by atoms with Crippen molar-refractivity contribution in [3.05, 3.63) is 59.2 Å². The molecule has 7 heteroatoms. The lowest BCUT2D eigenvalue weighted by Crippen LogP contribution is -1.96. The summed E-state index contributed by atoms with van der Waals surface area (Å²) in [4.78, 5) is 11.8. The maximum Gasteiger partial charge on any atom is 0.198 e. The topological polar surface area (TPSA) is 79.1 Å². The number of fused-ring (bicyclic) bond motifs is 1. The normalized spacial score (nSPS) is 12.1. The Morgan fingerprint density at radius 2 is 2.04 bits per heavy atom. The highest BCUT2D eigenvalue weighted by Crippen LogP contribution is 2.33. The fraction of sp³-hybridized carbons (Fsp3) is 0.190. The van der Waals surface area contributed by atoms with Crippen molar-refractivity contribution >= 4 is 22.4 Å². The molecule has 0 unspecified atom stereocenters. The molecule has 0 amide bonds. The van der Waals surface area contributed by atoms with Crippen LogP contribution >= 0.6 is 0 Å². The number of H-pyrrole nitrogens is 1. The van der Waals surface area contributed by atoms with Crippen LogP contribution in [0.1, 0.15) is 23.7 Å². The highest BCUT2D eigenvalue weighted by atomic mass is 19.1. The van der Waals surface area contributed by atoms with Gasteiger partial charge in [-0.3, -0.25) is 9.67 Å². The van der Waals surface area contributed by atoms with Crippen LogP contribution in [0.15, 0.2) is 41.5 Å². The van der Waals surface area contributed by atoms with Gasteiger partial charge in [-0.25, -0.2) is 9.38 Å². The van der Waals surface area contributed by atoms with Crippen LogP contribution in [0, 0.1) is 19.7 Å². The Morgan fingerprint density at radius 1 is 1.25 bits per heavy atom. The van der Waals surface area contributed by atoms with Gasteiger partial charge in [0.25, 0.3) is 0 Å². The zero-order valence-electron chi connectivity index (χ0n) is 16.1. The van der Waals surface area contributed by atoms with E-state index in [9.17, 15) is 9.50 Å². The summed E-state index contributed by atoms with van der Waals surface area (Å²) in [6.07, 6.45) is 1.60. The Labute approximate surface area is 161 Å². The third-order valence-corrected chi connectivity index (χ3v) is 4.89. The van der Waals surface area contributed by atoms with Crippen LogP contribution in [0.3, 0.4) is 0 Å². The van der Waals surface area contributed by atoms with Crippen LogP contribution in [-0.2, 0) is 7.05 Å². The molecule has 6 nitrogen and oxygen atoms in total. The monoisotopic (exact) mass is 377 g/mol. The third-order valence-electron chi connectivity index (χ3n) is 4.89. The molecular formula is C21H20FN5O. The van der Waals surface area contributed by atoms with E-state index in [2.05, 4.69) is 20.1 Å². The number of hydrogen-bond acceptors (Lipinski definition) is 4. The smallest absolute Gasteiger partial charge is 0.198 e. The molecule has 4 rings (SSSR count). The molecule has 28 heavy (non-hydrogen) atoms. The lowest BCUT2D eigenvalue weighted by Gasteiger charge is -2.07. The van der Waals surface area contributed by atoms with Gasteiger partial charge in [-0.05, 0) is 38.5 Å². The Hall–Kier alpha value is -3.48. The average Bonchev–Trinajstić information content (AvgIpc) is 3.12. The number of aliphatic imine (C=N–C) groups is 1. The van der Waals surface area contributed by atoms with E-state index >= 15 is 0 Å². The molecular weight excluding hydrogens is 357 g/mol. The van der Waals surface area contributed by atoms with E-state index in [1.165, 1.54) is 6.07 Å². The lowest BCUT2D eigenvalue weighted by atomic mass is 10.0. The molecule has 0 saturated carbocycles. The Kier molecular flexibility index (Phi) is 4.22. The first-order valence-electron chi connectivity index (χ1n) is 8.87. The van der Waals surface area contributed by atoms with Gasteiger partial charge in [0.1, 0.15) is 5.82 Å². The number of aromatic nitrogens is 4. The molecule has 0 aliphatic carbocycles. The van der Waals surface area contributed by atoms with Gasteiger partial charge in [-0.15, -0.1) is 0 Å². The van der Waals surface area contributed by atoms with E-state index in [1.807, 2.05) is 33.0 Å². The number of nitrogens with one attached hydrogen (secondary N) is 1. The summed E-state index contributed by atoms with van der Waals surface area (Å²) in [5.74, 6) is 0.223. The average molecular weight is 377 g/mol. The molecule has 0 spiro atoms. The molecule has 142 valence electrons. The second-order valence-corrected chi connectivity index (χ2v) is 6.86. The summed E-state index contributed by atoms with van der Waals surface area (Å²) in [5, 5.41) is 15.5. The van der Waals surface area contributed by atoms with Gasteiger partial charge in [0.2, 0.25) is 0 Å². The van der Waals surface area contributed by atoms with Crippen molar-refractivity contribution in [2.75, 3.05) is 0 Å². The zero-order valence-corrected chi connectivity index (χ0v) is 16.1. The van der Waals surface area contributed by atoms with Gasteiger partial charge < -0.3 is 10.1 Å². The predicted octanol–water partition coefficient (Wildman–Crippen LogP) is 4.57. The minimum absolute atomic E-state index is 0.00638. The van der Waals surface area contributed by atoms with Gasteiger partial charge in [0.05, 0.1) is 28.7 Å². The number of aromatic amines is 1. The number of halogens is 1. The fourth-order valence-electron chi connectivity index (χ4n) is 3.36. The molecule has 0 bridgehead atoms. The van der Waals surface area contributed by atoms with E-state index in [0.29, 0.717) is 33.9 Å². The van der Waals surface area contributed by atoms with Crippen LogP contribution in [0.25, 0.3) is 22.2 Å². The molecule has 2 N–H and O–H groups in total. The molecule has 0 atom stereocenters. The maximum atomic E-state index is 14.4. The summed E-state index contributed by atoms with van der Waals surface area (Å²) in [5.41, 5.74) is 4.53. The second kappa shape index (κ2) is 6.60. The van der Waals surface area contributed by atoms with Crippen LogP contribution in [0.5, 0.6) is 5.88 Å². The lowest BCUT2D eigenvalue weighted by molar-refractivity contribution is 0.457. The number of aromatic hydroxyl groups is 1. The highest BCUT2D eigenvalue weighted by molar-refractivity contribution is 6.13. The summed E-state index contributed by atoms with van der Waals surface area (Å²) in [6.45, 7) is 5.59. The Morgan fingerprint density at radius 3 is 2.71 bits per heavy atom. The van der Waals surface area contributed by atoms with Crippen molar-refractivity contribution in [3.8, 4) is 17.1 Å². The molecule has 3 heterocycles. The SMILES string of the molecule is CC(=Nc1cc(C)n(C)n1)c1c(O)[nH]c2cnc(-c3c(C)cccc3F)cc12. The van der Waals surface area contributed by atoms with Gasteiger partial charge >= 0.3 is 0 Å². The van der Waals surface area contributed by atoms with E-state index in [4.69, 9.17) is 0 Å². The molecule has 0 radical (unpaired) electrons. The Balaban J connectivity index is 1.88. The molecule has 0 aliphatic rings. The molecule has 4 aromatic rings. The van der Waals surface area contributed by atoms with Gasteiger partial charge in [0, 0.05) is 29.8 Å². The van der Waals surface area contributed by atoms with Crippen LogP contribution in [0.4, 0.5) is 10.2 Å². The molecule has 0 fully saturated rings. The highest BCUT2D eigenvalue weighted by Gasteiger charge is 2.17. The summed E-state index contributed by atoms with van der Waals surface area (Å²) < 4.78 is 16.1. The third kappa shape index (κ3) is 2.94. The van der Waals surface area contributed by atoms with E-state index in [1.54, 1.807) is 29.9 Å². The second-order valence-electron chi connectivity index (χ2n) is 6.86. The fourth-order valence-corrected chi connectivity index (χ4v) is 3.36. The number of rotatable bonds is 3. The molecule has 0 aliphatic heterocycles. The van der Waals surface area contributed by atoms with Crippen LogP contribution in [0.2, 0.25) is 0 Å². The number of pyridine rings is 1. The Bertz CT molecular complexity index is 1200. The molecule has 3 aromatic heterocycles. The predicted molar refractivity (Wildman–Crippen MR) is 108 cm³/mol. The van der Waals surface area contributed by atoms with Crippen molar-refractivity contribution in [2.45, 2.75) is 20.8 Å². The number of aryl methyl sites for hydroxylation is 3. The largest absolute Gasteiger partial charge is 0.494 e. The van der Waals surface area contributed by atoms with E-state index in [0.717, 1.165) is 16.6 Å². The number of benzene rings is 1. The van der Waals surface area contributed by atoms with E-state index in [-0.39, 0.29) is 11.7 Å². The maximum absolute atomic E-state index is 14.4. The van der Waals surface area contributed by atoms with Gasteiger partial charge in [0.15, 0.2) is 11.7 Å².